The summed E-state index contributed by atoms with van der Waals surface area (Å²) in [4.78, 5) is 42.5. The highest BCUT2D eigenvalue weighted by atomic mass is 16.8. The number of ketones is 1. The first-order valence-electron chi connectivity index (χ1n) is 9.15. The van der Waals surface area contributed by atoms with Crippen LogP contribution < -0.4 is 0 Å². The maximum atomic E-state index is 12.6. The Labute approximate surface area is 163 Å². The van der Waals surface area contributed by atoms with Crippen molar-refractivity contribution >= 4 is 23.6 Å². The highest BCUT2D eigenvalue weighted by Crippen LogP contribution is 2.38. The number of nitrogens with zero attached hydrogens (tertiary/aromatic N) is 1. The van der Waals surface area contributed by atoms with Crippen LogP contribution in [0.3, 0.4) is 0 Å². The van der Waals surface area contributed by atoms with Gasteiger partial charge >= 0.3 is 11.9 Å². The zero-order chi connectivity index (χ0) is 20.7. The third-order valence-electron chi connectivity index (χ3n) is 4.29. The van der Waals surface area contributed by atoms with E-state index in [9.17, 15) is 14.4 Å². The molecule has 1 aromatic rings. The van der Waals surface area contributed by atoms with Crippen LogP contribution in [0, 0.1) is 11.8 Å². The minimum atomic E-state index is -1.53. The molecule has 0 fully saturated rings. The molecular formula is C20H25NO7. The lowest BCUT2D eigenvalue weighted by Crippen LogP contribution is -2.48. The minimum absolute atomic E-state index is 0.0751. The molecule has 0 radical (unpaired) electrons. The first-order chi connectivity index (χ1) is 13.3. The van der Waals surface area contributed by atoms with E-state index in [1.807, 2.05) is 18.2 Å². The van der Waals surface area contributed by atoms with E-state index in [0.717, 1.165) is 0 Å². The van der Waals surface area contributed by atoms with Crippen molar-refractivity contribution in [2.24, 2.45) is 17.0 Å². The smallest absolute Gasteiger partial charge is 0.320 e. The van der Waals surface area contributed by atoms with Gasteiger partial charge in [0.05, 0.1) is 19.1 Å². The Kier molecular flexibility index (Phi) is 7.14. The number of benzene rings is 1. The fourth-order valence-corrected chi connectivity index (χ4v) is 3.00. The van der Waals surface area contributed by atoms with Crippen LogP contribution in [0.15, 0.2) is 35.5 Å². The molecule has 0 saturated heterocycles. The lowest BCUT2D eigenvalue weighted by molar-refractivity contribution is -0.209. The zero-order valence-electron chi connectivity index (χ0n) is 16.5. The molecule has 2 unspecified atom stereocenters. The number of carbonyl (C=O) groups is 3. The molecular weight excluding hydrogens is 366 g/mol. The van der Waals surface area contributed by atoms with Crippen molar-refractivity contribution in [3.63, 3.8) is 0 Å². The SMILES string of the molecule is CCOC(=O)C(C(=O)OCC)C(CC(C)=O)C1(C)ON=C(c2ccccc2)O1. The Balaban J connectivity index is 2.36. The molecule has 2 rings (SSSR count). The summed E-state index contributed by atoms with van der Waals surface area (Å²) in [5.74, 6) is -5.55. The van der Waals surface area contributed by atoms with Gasteiger partial charge in [-0.25, -0.2) is 0 Å². The first-order valence-corrected chi connectivity index (χ1v) is 9.15. The normalized spacial score (nSPS) is 19.2. The number of rotatable bonds is 9. The van der Waals surface area contributed by atoms with Crippen LogP contribution in [0.4, 0.5) is 0 Å². The van der Waals surface area contributed by atoms with Crippen LogP contribution in [0.5, 0.6) is 0 Å². The number of Topliss-reactive ketones (excluding diaryl/α,β-unsaturated/α-hetero) is 1. The molecule has 0 amide bonds. The van der Waals surface area contributed by atoms with Crippen molar-refractivity contribution in [2.45, 2.75) is 39.9 Å². The summed E-state index contributed by atoms with van der Waals surface area (Å²) in [5.41, 5.74) is 0.664. The third kappa shape index (κ3) is 4.88. The maximum absolute atomic E-state index is 12.6. The second kappa shape index (κ2) is 9.34. The third-order valence-corrected chi connectivity index (χ3v) is 4.29. The highest BCUT2D eigenvalue weighted by Gasteiger charge is 2.54. The second-order valence-corrected chi connectivity index (χ2v) is 6.47. The summed E-state index contributed by atoms with van der Waals surface area (Å²) in [7, 11) is 0. The fraction of sp³-hybridized carbons (Fsp3) is 0.500. The van der Waals surface area contributed by atoms with E-state index in [1.165, 1.54) is 13.8 Å². The molecule has 0 bridgehead atoms. The van der Waals surface area contributed by atoms with Gasteiger partial charge in [-0.2, -0.15) is 0 Å². The summed E-state index contributed by atoms with van der Waals surface area (Å²) < 4.78 is 16.0. The maximum Gasteiger partial charge on any atom is 0.320 e. The standard InChI is InChI=1S/C20H25NO7/c1-5-25-18(23)16(19(24)26-6-2)15(12-13(3)22)20(4)27-17(21-28-20)14-10-8-7-9-11-14/h7-11,15-16H,5-6,12H2,1-4H3. The average Bonchev–Trinajstić information content (AvgIpc) is 3.05. The molecule has 0 spiro atoms. The predicted molar refractivity (Wildman–Crippen MR) is 99.1 cm³/mol. The molecule has 2 atom stereocenters. The Morgan fingerprint density at radius 2 is 1.64 bits per heavy atom. The van der Waals surface area contributed by atoms with Crippen molar-refractivity contribution < 1.29 is 33.4 Å². The predicted octanol–water partition coefficient (Wildman–Crippen LogP) is 2.45. The first kappa shape index (κ1) is 21.4. The van der Waals surface area contributed by atoms with Crippen LogP contribution in [0.1, 0.15) is 39.7 Å². The molecule has 28 heavy (non-hydrogen) atoms. The van der Waals surface area contributed by atoms with E-state index in [1.54, 1.807) is 26.0 Å². The molecule has 152 valence electrons. The van der Waals surface area contributed by atoms with Crippen molar-refractivity contribution in [3.05, 3.63) is 35.9 Å². The van der Waals surface area contributed by atoms with E-state index in [-0.39, 0.29) is 31.3 Å². The molecule has 8 nitrogen and oxygen atoms in total. The number of carbonyl (C=O) groups excluding carboxylic acids is 3. The number of hydrogen-bond donors (Lipinski definition) is 0. The zero-order valence-corrected chi connectivity index (χ0v) is 16.5. The summed E-state index contributed by atoms with van der Waals surface area (Å²) in [6.07, 6.45) is -0.156. The summed E-state index contributed by atoms with van der Waals surface area (Å²) in [6, 6.07) is 9.02. The quantitative estimate of drug-likeness (QED) is 0.471. The second-order valence-electron chi connectivity index (χ2n) is 6.47. The number of ether oxygens (including phenoxy) is 3. The Morgan fingerprint density at radius 3 is 2.14 bits per heavy atom. The van der Waals surface area contributed by atoms with Gasteiger partial charge < -0.3 is 23.8 Å². The molecule has 0 saturated carbocycles. The van der Waals surface area contributed by atoms with Crippen molar-refractivity contribution in [3.8, 4) is 0 Å². The number of hydrogen-bond acceptors (Lipinski definition) is 8. The van der Waals surface area contributed by atoms with E-state index in [0.29, 0.717) is 5.56 Å². The van der Waals surface area contributed by atoms with Crippen molar-refractivity contribution in [1.82, 2.24) is 0 Å². The largest absolute Gasteiger partial charge is 0.465 e. The monoisotopic (exact) mass is 391 g/mol. The van der Waals surface area contributed by atoms with Gasteiger partial charge in [0.1, 0.15) is 5.78 Å². The average molecular weight is 391 g/mol. The van der Waals surface area contributed by atoms with Crippen molar-refractivity contribution in [1.29, 1.82) is 0 Å². The molecule has 8 heteroatoms. The lowest BCUT2D eigenvalue weighted by atomic mass is 9.81. The van der Waals surface area contributed by atoms with Gasteiger partial charge in [-0.1, -0.05) is 18.2 Å². The van der Waals surface area contributed by atoms with Gasteiger partial charge in [-0.15, -0.1) is 0 Å². The van der Waals surface area contributed by atoms with Crippen LogP contribution in [-0.2, 0) is 33.4 Å². The minimum Gasteiger partial charge on any atom is -0.465 e. The van der Waals surface area contributed by atoms with E-state index in [4.69, 9.17) is 19.0 Å². The van der Waals surface area contributed by atoms with Crippen LogP contribution >= 0.6 is 0 Å². The van der Waals surface area contributed by atoms with Crippen molar-refractivity contribution in [2.75, 3.05) is 13.2 Å². The molecule has 1 aliphatic heterocycles. The van der Waals surface area contributed by atoms with Crippen LogP contribution in [0.2, 0.25) is 0 Å². The molecule has 1 aliphatic rings. The van der Waals surface area contributed by atoms with Gasteiger partial charge in [0, 0.05) is 18.9 Å². The van der Waals surface area contributed by atoms with Gasteiger partial charge in [-0.05, 0) is 38.1 Å². The Hall–Kier alpha value is -2.90. The molecule has 0 aliphatic carbocycles. The van der Waals surface area contributed by atoms with E-state index >= 15 is 0 Å². The molecule has 0 aromatic heterocycles. The summed E-state index contributed by atoms with van der Waals surface area (Å²) >= 11 is 0. The Morgan fingerprint density at radius 1 is 1.07 bits per heavy atom. The van der Waals surface area contributed by atoms with Crippen LogP contribution in [0.25, 0.3) is 0 Å². The number of oxime groups is 1. The highest BCUT2D eigenvalue weighted by molar-refractivity contribution is 5.97. The van der Waals surface area contributed by atoms with Gasteiger partial charge in [-0.3, -0.25) is 9.59 Å². The summed E-state index contributed by atoms with van der Waals surface area (Å²) in [6.45, 7) is 6.29. The topological polar surface area (TPSA) is 100 Å². The fourth-order valence-electron chi connectivity index (χ4n) is 3.00. The van der Waals surface area contributed by atoms with Gasteiger partial charge in [0.2, 0.25) is 0 Å². The summed E-state index contributed by atoms with van der Waals surface area (Å²) in [5, 5.41) is 3.96. The molecule has 0 N–H and O–H groups in total. The molecule has 1 aromatic carbocycles. The Bertz CT molecular complexity index is 728. The number of esters is 2. The van der Waals surface area contributed by atoms with Gasteiger partial charge in [0.25, 0.3) is 11.7 Å². The lowest BCUT2D eigenvalue weighted by Gasteiger charge is -2.33. The van der Waals surface area contributed by atoms with Crippen LogP contribution in [-0.4, -0.2) is 42.6 Å². The van der Waals surface area contributed by atoms with E-state index < -0.39 is 29.6 Å². The van der Waals surface area contributed by atoms with Gasteiger partial charge in [0.15, 0.2) is 5.92 Å². The molecule has 1 heterocycles. The van der Waals surface area contributed by atoms with E-state index in [2.05, 4.69) is 5.16 Å².